The van der Waals surface area contributed by atoms with Gasteiger partial charge in [-0.05, 0) is 25.7 Å². The highest BCUT2D eigenvalue weighted by Crippen LogP contribution is 2.20. The monoisotopic (exact) mass is 254 g/mol. The highest BCUT2D eigenvalue weighted by Gasteiger charge is 2.25. The Morgan fingerprint density at radius 2 is 1.94 bits per heavy atom. The van der Waals surface area contributed by atoms with Crippen LogP contribution in [0.25, 0.3) is 0 Å². The number of nitrogens with zero attached hydrogens (tertiary/aromatic N) is 2. The van der Waals surface area contributed by atoms with Crippen LogP contribution < -0.4 is 0 Å². The molecule has 0 radical (unpaired) electrons. The standard InChI is InChI=1S/C14H26N2O2/c1-5-6-7-13-15-14(18)12(17)9-16(13)11(4)8-10(2)3/h10-11,17-18H,5-9H2,1-4H3. The lowest BCUT2D eigenvalue weighted by molar-refractivity contribution is 0.226. The third-order valence-electron chi connectivity index (χ3n) is 3.24. The summed E-state index contributed by atoms with van der Waals surface area (Å²) in [5, 5.41) is 19.2. The molecule has 1 heterocycles. The molecule has 0 amide bonds. The van der Waals surface area contributed by atoms with Gasteiger partial charge in [-0.2, -0.15) is 4.99 Å². The number of amidine groups is 1. The molecule has 0 spiro atoms. The Balaban J connectivity index is 2.79. The molecule has 4 heteroatoms. The molecule has 0 saturated heterocycles. The van der Waals surface area contributed by atoms with Gasteiger partial charge in [0.15, 0.2) is 5.76 Å². The van der Waals surface area contributed by atoms with Gasteiger partial charge in [-0.25, -0.2) is 0 Å². The van der Waals surface area contributed by atoms with Crippen molar-refractivity contribution < 1.29 is 10.2 Å². The molecule has 0 aromatic carbocycles. The van der Waals surface area contributed by atoms with E-state index in [0.717, 1.165) is 31.5 Å². The van der Waals surface area contributed by atoms with E-state index in [0.29, 0.717) is 18.5 Å². The Kier molecular flexibility index (Phi) is 5.51. The highest BCUT2D eigenvalue weighted by molar-refractivity contribution is 5.84. The fraction of sp³-hybridized carbons (Fsp3) is 0.786. The van der Waals surface area contributed by atoms with Gasteiger partial charge in [0, 0.05) is 12.5 Å². The number of hydrogen-bond acceptors (Lipinski definition) is 4. The highest BCUT2D eigenvalue weighted by atomic mass is 16.3. The van der Waals surface area contributed by atoms with E-state index < -0.39 is 0 Å². The SMILES string of the molecule is CCCCC1=NC(O)=C(O)CN1C(C)CC(C)C. The predicted molar refractivity (Wildman–Crippen MR) is 74.9 cm³/mol. The summed E-state index contributed by atoms with van der Waals surface area (Å²) in [5.41, 5.74) is 0. The third kappa shape index (κ3) is 3.93. The van der Waals surface area contributed by atoms with Crippen LogP contribution in [0.4, 0.5) is 0 Å². The van der Waals surface area contributed by atoms with Gasteiger partial charge < -0.3 is 15.1 Å². The molecule has 1 atom stereocenters. The lowest BCUT2D eigenvalue weighted by Gasteiger charge is -2.35. The van der Waals surface area contributed by atoms with E-state index in [9.17, 15) is 10.2 Å². The fourth-order valence-electron chi connectivity index (χ4n) is 2.33. The third-order valence-corrected chi connectivity index (χ3v) is 3.24. The second-order valence-corrected chi connectivity index (χ2v) is 5.51. The fourth-order valence-corrected chi connectivity index (χ4v) is 2.33. The van der Waals surface area contributed by atoms with Crippen molar-refractivity contribution in [2.24, 2.45) is 10.9 Å². The first-order valence-electron chi connectivity index (χ1n) is 6.91. The molecular formula is C14H26N2O2. The van der Waals surface area contributed by atoms with E-state index in [-0.39, 0.29) is 11.6 Å². The Bertz CT molecular complexity index is 335. The quantitative estimate of drug-likeness (QED) is 0.761. The summed E-state index contributed by atoms with van der Waals surface area (Å²) in [7, 11) is 0. The van der Waals surface area contributed by atoms with Crippen LogP contribution in [-0.2, 0) is 0 Å². The van der Waals surface area contributed by atoms with Gasteiger partial charge in [-0.15, -0.1) is 0 Å². The maximum atomic E-state index is 9.66. The van der Waals surface area contributed by atoms with Crippen LogP contribution in [0.3, 0.4) is 0 Å². The van der Waals surface area contributed by atoms with Crippen molar-refractivity contribution in [3.05, 3.63) is 11.6 Å². The minimum atomic E-state index is -0.214. The zero-order valence-corrected chi connectivity index (χ0v) is 12.0. The van der Waals surface area contributed by atoms with Crippen LogP contribution in [0.5, 0.6) is 0 Å². The van der Waals surface area contributed by atoms with Crippen molar-refractivity contribution in [1.29, 1.82) is 0 Å². The molecule has 104 valence electrons. The summed E-state index contributed by atoms with van der Waals surface area (Å²) in [6, 6.07) is 0.329. The first-order valence-corrected chi connectivity index (χ1v) is 6.91. The Hall–Kier alpha value is -1.19. The normalized spacial score (nSPS) is 18.3. The second-order valence-electron chi connectivity index (χ2n) is 5.51. The number of rotatable bonds is 6. The summed E-state index contributed by atoms with van der Waals surface area (Å²) >= 11 is 0. The van der Waals surface area contributed by atoms with E-state index in [1.165, 1.54) is 0 Å². The largest absolute Gasteiger partial charge is 0.506 e. The summed E-state index contributed by atoms with van der Waals surface area (Å²) in [6.07, 6.45) is 4.06. The zero-order valence-electron chi connectivity index (χ0n) is 12.0. The number of hydrogen-bond donors (Lipinski definition) is 2. The van der Waals surface area contributed by atoms with Gasteiger partial charge in [0.05, 0.1) is 6.54 Å². The topological polar surface area (TPSA) is 56.1 Å². The average molecular weight is 254 g/mol. The predicted octanol–water partition coefficient (Wildman–Crippen LogP) is 3.61. The lowest BCUT2D eigenvalue weighted by Crippen LogP contribution is -2.42. The van der Waals surface area contributed by atoms with E-state index in [1.807, 2.05) is 0 Å². The maximum absolute atomic E-state index is 9.66. The van der Waals surface area contributed by atoms with Crippen LogP contribution in [0.2, 0.25) is 0 Å². The second kappa shape index (κ2) is 6.66. The van der Waals surface area contributed by atoms with Crippen LogP contribution in [0.1, 0.15) is 53.4 Å². The lowest BCUT2D eigenvalue weighted by atomic mass is 10.0. The summed E-state index contributed by atoms with van der Waals surface area (Å²) in [6.45, 7) is 9.05. The van der Waals surface area contributed by atoms with Crippen molar-refractivity contribution in [2.45, 2.75) is 59.4 Å². The van der Waals surface area contributed by atoms with Crippen LogP contribution >= 0.6 is 0 Å². The summed E-state index contributed by atoms with van der Waals surface area (Å²) in [4.78, 5) is 6.25. The number of aliphatic hydroxyl groups is 2. The molecular weight excluding hydrogens is 228 g/mol. The van der Waals surface area contributed by atoms with Gasteiger partial charge >= 0.3 is 0 Å². The molecule has 0 aromatic rings. The van der Waals surface area contributed by atoms with Crippen molar-refractivity contribution >= 4 is 5.84 Å². The summed E-state index contributed by atoms with van der Waals surface area (Å²) < 4.78 is 0. The van der Waals surface area contributed by atoms with Gasteiger partial charge in [-0.1, -0.05) is 27.2 Å². The Labute approximate surface area is 110 Å². The first-order chi connectivity index (χ1) is 8.45. The van der Waals surface area contributed by atoms with Crippen LogP contribution in [0.15, 0.2) is 16.6 Å². The van der Waals surface area contributed by atoms with Gasteiger partial charge in [0.2, 0.25) is 0 Å². The van der Waals surface area contributed by atoms with Gasteiger partial charge in [-0.3, -0.25) is 0 Å². The molecule has 18 heavy (non-hydrogen) atoms. The van der Waals surface area contributed by atoms with Gasteiger partial charge in [0.25, 0.3) is 5.88 Å². The van der Waals surface area contributed by atoms with E-state index in [1.54, 1.807) is 0 Å². The van der Waals surface area contributed by atoms with Crippen molar-refractivity contribution in [2.75, 3.05) is 6.54 Å². The van der Waals surface area contributed by atoms with Gasteiger partial charge in [0.1, 0.15) is 5.84 Å². The molecule has 0 bridgehead atoms. The Morgan fingerprint density at radius 1 is 1.28 bits per heavy atom. The maximum Gasteiger partial charge on any atom is 0.253 e. The molecule has 1 aliphatic rings. The molecule has 4 nitrogen and oxygen atoms in total. The van der Waals surface area contributed by atoms with Crippen molar-refractivity contribution in [1.82, 2.24) is 4.90 Å². The Morgan fingerprint density at radius 3 is 2.50 bits per heavy atom. The molecule has 0 aromatic heterocycles. The number of aliphatic hydroxyl groups excluding tert-OH is 2. The molecule has 0 aliphatic carbocycles. The number of unbranched alkanes of at least 4 members (excludes halogenated alkanes) is 1. The van der Waals surface area contributed by atoms with Crippen LogP contribution in [-0.4, -0.2) is 33.5 Å². The molecule has 2 N–H and O–H groups in total. The van der Waals surface area contributed by atoms with Crippen molar-refractivity contribution in [3.63, 3.8) is 0 Å². The molecule has 1 aliphatic heterocycles. The molecule has 1 unspecified atom stereocenters. The zero-order chi connectivity index (χ0) is 13.7. The minimum Gasteiger partial charge on any atom is -0.506 e. The van der Waals surface area contributed by atoms with E-state index in [2.05, 4.69) is 37.6 Å². The summed E-state index contributed by atoms with van der Waals surface area (Å²) in [5.74, 6) is 1.27. The minimum absolute atomic E-state index is 0.0224. The first kappa shape index (κ1) is 14.9. The molecule has 0 saturated carbocycles. The van der Waals surface area contributed by atoms with E-state index in [4.69, 9.17) is 0 Å². The van der Waals surface area contributed by atoms with Crippen molar-refractivity contribution in [3.8, 4) is 0 Å². The molecule has 1 rings (SSSR count). The molecule has 0 fully saturated rings. The smallest absolute Gasteiger partial charge is 0.253 e. The number of aliphatic imine (C=N–C) groups is 1. The van der Waals surface area contributed by atoms with E-state index >= 15 is 0 Å². The average Bonchev–Trinajstić information content (AvgIpc) is 2.29. The van der Waals surface area contributed by atoms with Crippen LogP contribution in [0, 0.1) is 5.92 Å².